The van der Waals surface area contributed by atoms with Crippen molar-refractivity contribution in [3.05, 3.63) is 54.1 Å². The molecule has 3 rings (SSSR count). The predicted molar refractivity (Wildman–Crippen MR) is 114 cm³/mol. The fraction of sp³-hybridized carbons (Fsp3) is 0.545. The summed E-state index contributed by atoms with van der Waals surface area (Å²) in [5.74, 6) is 1.39. The van der Waals surface area contributed by atoms with Gasteiger partial charge in [-0.2, -0.15) is 13.2 Å². The molecule has 1 aliphatic heterocycles. The van der Waals surface area contributed by atoms with Gasteiger partial charge in [-0.1, -0.05) is 31.2 Å². The monoisotopic (exact) mass is 437 g/mol. The number of nitrogens with one attached hydrogen (secondary N) is 1. The Morgan fingerprint density at radius 2 is 2.13 bits per heavy atom. The highest BCUT2D eigenvalue weighted by atomic mass is 19.4. The molecular formula is C22H30F3N5O. The molecule has 2 heterocycles. The topological polar surface area (TPSA) is 54.7 Å². The van der Waals surface area contributed by atoms with Gasteiger partial charge in [-0.3, -0.25) is 0 Å². The Morgan fingerprint density at radius 3 is 2.84 bits per heavy atom. The molecule has 0 radical (unpaired) electrons. The van der Waals surface area contributed by atoms with Crippen molar-refractivity contribution < 1.29 is 17.9 Å². The van der Waals surface area contributed by atoms with E-state index in [0.717, 1.165) is 37.6 Å². The van der Waals surface area contributed by atoms with E-state index in [2.05, 4.69) is 26.7 Å². The molecule has 9 heteroatoms. The quantitative estimate of drug-likeness (QED) is 0.525. The second-order valence-electron chi connectivity index (χ2n) is 7.89. The molecule has 0 saturated carbocycles. The first-order valence-electron chi connectivity index (χ1n) is 10.6. The van der Waals surface area contributed by atoms with Crippen molar-refractivity contribution in [3.63, 3.8) is 0 Å². The minimum Gasteiger partial charge on any atom is -0.367 e. The van der Waals surface area contributed by atoms with Crippen LogP contribution in [0.3, 0.4) is 0 Å². The van der Waals surface area contributed by atoms with Crippen molar-refractivity contribution in [1.29, 1.82) is 0 Å². The van der Waals surface area contributed by atoms with E-state index >= 15 is 0 Å². The Balaban J connectivity index is 1.65. The van der Waals surface area contributed by atoms with Crippen LogP contribution < -0.4 is 5.32 Å². The maximum atomic E-state index is 12.3. The standard InChI is InChI=1S/C22H30F3N5O/c1-3-27-21(29-9-7-17(2)20(13-29)30-10-8-26-16-30)28-12-18-5-4-6-19(11-18)14-31-15-22(23,24)25/h4-6,8,10-11,16-17,20H,3,7,9,12-15H2,1-2H3,(H,27,28). The summed E-state index contributed by atoms with van der Waals surface area (Å²) in [6.45, 7) is 5.94. The Hall–Kier alpha value is -2.55. The highest BCUT2D eigenvalue weighted by Gasteiger charge is 2.29. The lowest BCUT2D eigenvalue weighted by atomic mass is 9.93. The number of benzene rings is 1. The van der Waals surface area contributed by atoms with E-state index in [-0.39, 0.29) is 6.61 Å². The lowest BCUT2D eigenvalue weighted by Crippen LogP contribution is -2.49. The maximum Gasteiger partial charge on any atom is 0.411 e. The summed E-state index contributed by atoms with van der Waals surface area (Å²) in [6, 6.07) is 7.68. The maximum absolute atomic E-state index is 12.3. The van der Waals surface area contributed by atoms with Gasteiger partial charge in [0.25, 0.3) is 0 Å². The summed E-state index contributed by atoms with van der Waals surface area (Å²) in [6.07, 6.45) is 2.40. The zero-order chi connectivity index (χ0) is 22.3. The second-order valence-corrected chi connectivity index (χ2v) is 7.89. The summed E-state index contributed by atoms with van der Waals surface area (Å²) in [7, 11) is 0. The third kappa shape index (κ3) is 6.99. The third-order valence-corrected chi connectivity index (χ3v) is 5.40. The number of piperidine rings is 1. The molecule has 1 aromatic heterocycles. The fourth-order valence-corrected chi connectivity index (χ4v) is 3.79. The fourth-order valence-electron chi connectivity index (χ4n) is 3.79. The summed E-state index contributed by atoms with van der Waals surface area (Å²) in [4.78, 5) is 11.2. The number of nitrogens with zero attached hydrogens (tertiary/aromatic N) is 4. The number of halogens is 3. The van der Waals surface area contributed by atoms with Gasteiger partial charge >= 0.3 is 6.18 Å². The molecule has 2 aromatic rings. The van der Waals surface area contributed by atoms with Crippen LogP contribution in [0.2, 0.25) is 0 Å². The molecule has 1 N–H and O–H groups in total. The van der Waals surface area contributed by atoms with Crippen LogP contribution in [0.15, 0.2) is 48.0 Å². The molecule has 31 heavy (non-hydrogen) atoms. The van der Waals surface area contributed by atoms with Crippen LogP contribution in [0, 0.1) is 5.92 Å². The van der Waals surface area contributed by atoms with Gasteiger partial charge in [0.15, 0.2) is 5.96 Å². The minimum absolute atomic E-state index is 0.0757. The molecule has 1 aromatic carbocycles. The molecule has 1 aliphatic rings. The van der Waals surface area contributed by atoms with Gasteiger partial charge < -0.3 is 19.5 Å². The van der Waals surface area contributed by atoms with Gasteiger partial charge in [0.1, 0.15) is 6.61 Å². The van der Waals surface area contributed by atoms with Crippen molar-refractivity contribution in [3.8, 4) is 0 Å². The van der Waals surface area contributed by atoms with Crippen molar-refractivity contribution >= 4 is 5.96 Å². The van der Waals surface area contributed by atoms with Crippen LogP contribution in [-0.4, -0.2) is 52.8 Å². The molecule has 1 fully saturated rings. The van der Waals surface area contributed by atoms with Crippen LogP contribution in [0.5, 0.6) is 0 Å². The molecule has 1 saturated heterocycles. The number of guanidine groups is 1. The number of hydrogen-bond acceptors (Lipinski definition) is 3. The number of aromatic nitrogens is 2. The molecular weight excluding hydrogens is 407 g/mol. The van der Waals surface area contributed by atoms with Gasteiger partial charge in [0.2, 0.25) is 0 Å². The van der Waals surface area contributed by atoms with E-state index in [1.807, 2.05) is 37.6 Å². The normalized spacial score (nSPS) is 20.2. The van der Waals surface area contributed by atoms with Crippen LogP contribution >= 0.6 is 0 Å². The van der Waals surface area contributed by atoms with Gasteiger partial charge in [-0.25, -0.2) is 9.98 Å². The average molecular weight is 438 g/mol. The number of imidazole rings is 1. The Morgan fingerprint density at radius 1 is 1.32 bits per heavy atom. The molecule has 2 unspecified atom stereocenters. The van der Waals surface area contributed by atoms with Gasteiger partial charge in [-0.15, -0.1) is 0 Å². The Labute approximate surface area is 181 Å². The van der Waals surface area contributed by atoms with Crippen molar-refractivity contribution in [2.24, 2.45) is 10.9 Å². The number of likely N-dealkylation sites (tertiary alicyclic amines) is 1. The highest BCUT2D eigenvalue weighted by Crippen LogP contribution is 2.27. The number of alkyl halides is 3. The third-order valence-electron chi connectivity index (χ3n) is 5.40. The zero-order valence-corrected chi connectivity index (χ0v) is 18.0. The number of hydrogen-bond donors (Lipinski definition) is 1. The lowest BCUT2D eigenvalue weighted by Gasteiger charge is -2.39. The van der Waals surface area contributed by atoms with Crippen molar-refractivity contribution in [2.75, 3.05) is 26.2 Å². The number of aliphatic imine (C=N–C) groups is 1. The van der Waals surface area contributed by atoms with E-state index in [1.54, 1.807) is 12.3 Å². The van der Waals surface area contributed by atoms with Crippen LogP contribution in [0.1, 0.15) is 37.4 Å². The van der Waals surface area contributed by atoms with Gasteiger partial charge in [0.05, 0.1) is 25.5 Å². The molecule has 170 valence electrons. The first-order chi connectivity index (χ1) is 14.9. The summed E-state index contributed by atoms with van der Waals surface area (Å²) < 4.78 is 43.8. The van der Waals surface area contributed by atoms with E-state index in [1.165, 1.54) is 0 Å². The Kier molecular flexibility index (Phi) is 7.95. The average Bonchev–Trinajstić information content (AvgIpc) is 3.26. The van der Waals surface area contributed by atoms with Crippen LogP contribution in [0.4, 0.5) is 13.2 Å². The first kappa shape index (κ1) is 23.1. The Bertz CT molecular complexity index is 838. The SMILES string of the molecule is CCNC(=NCc1cccc(COCC(F)(F)F)c1)N1CCC(C)C(n2ccnc2)C1. The summed E-state index contributed by atoms with van der Waals surface area (Å²) >= 11 is 0. The van der Waals surface area contributed by atoms with E-state index in [9.17, 15) is 13.2 Å². The zero-order valence-electron chi connectivity index (χ0n) is 18.0. The predicted octanol–water partition coefficient (Wildman–Crippen LogP) is 4.01. The molecule has 2 atom stereocenters. The van der Waals surface area contributed by atoms with E-state index in [4.69, 9.17) is 9.73 Å². The summed E-state index contributed by atoms with van der Waals surface area (Å²) in [5.41, 5.74) is 1.63. The highest BCUT2D eigenvalue weighted by molar-refractivity contribution is 5.80. The summed E-state index contributed by atoms with van der Waals surface area (Å²) in [5, 5.41) is 3.37. The van der Waals surface area contributed by atoms with Crippen LogP contribution in [0.25, 0.3) is 0 Å². The van der Waals surface area contributed by atoms with E-state index in [0.29, 0.717) is 24.1 Å². The molecule has 0 amide bonds. The minimum atomic E-state index is -4.32. The van der Waals surface area contributed by atoms with Gasteiger partial charge in [0, 0.05) is 32.0 Å². The number of rotatable bonds is 7. The second kappa shape index (κ2) is 10.7. The smallest absolute Gasteiger partial charge is 0.367 e. The largest absolute Gasteiger partial charge is 0.411 e. The van der Waals surface area contributed by atoms with Crippen LogP contribution in [-0.2, 0) is 17.9 Å². The first-order valence-corrected chi connectivity index (χ1v) is 10.6. The van der Waals surface area contributed by atoms with Crippen molar-refractivity contribution in [1.82, 2.24) is 19.8 Å². The molecule has 0 spiro atoms. The van der Waals surface area contributed by atoms with E-state index < -0.39 is 12.8 Å². The number of ether oxygens (including phenoxy) is 1. The molecule has 6 nitrogen and oxygen atoms in total. The van der Waals surface area contributed by atoms with Gasteiger partial charge in [-0.05, 0) is 30.4 Å². The molecule has 0 bridgehead atoms. The van der Waals surface area contributed by atoms with Crippen molar-refractivity contribution in [2.45, 2.75) is 45.6 Å². The molecule has 0 aliphatic carbocycles. The lowest BCUT2D eigenvalue weighted by molar-refractivity contribution is -0.176.